The van der Waals surface area contributed by atoms with Crippen molar-refractivity contribution in [3.63, 3.8) is 0 Å². The zero-order valence-electron chi connectivity index (χ0n) is 15.5. The highest BCUT2D eigenvalue weighted by Gasteiger charge is 2.26. The number of carboxylic acids is 1. The minimum absolute atomic E-state index is 0.169. The first-order chi connectivity index (χ1) is 13.5. The Morgan fingerprint density at radius 2 is 2.00 bits per heavy atom. The van der Waals surface area contributed by atoms with E-state index in [4.69, 9.17) is 22.1 Å². The lowest BCUT2D eigenvalue weighted by Gasteiger charge is -2.12. The second kappa shape index (κ2) is 9.16. The van der Waals surface area contributed by atoms with E-state index in [-0.39, 0.29) is 11.5 Å². The fourth-order valence-electron chi connectivity index (χ4n) is 3.25. The molecule has 1 aliphatic carbocycles. The zero-order valence-corrected chi connectivity index (χ0v) is 17.2. The number of hydrogen-bond donors (Lipinski definition) is 3. The van der Waals surface area contributed by atoms with Crippen LogP contribution in [0.1, 0.15) is 57.3 Å². The molecule has 0 aliphatic heterocycles. The summed E-state index contributed by atoms with van der Waals surface area (Å²) in [6.07, 6.45) is 5.14. The Morgan fingerprint density at radius 3 is 2.75 bits per heavy atom. The van der Waals surface area contributed by atoms with Crippen molar-refractivity contribution in [2.45, 2.75) is 39.0 Å². The van der Waals surface area contributed by atoms with Gasteiger partial charge in [-0.2, -0.15) is 0 Å². The molecule has 0 saturated heterocycles. The number of carbonyl (C=O) groups excluding carboxylic acids is 1. The first-order valence-corrected chi connectivity index (χ1v) is 10.4. The second-order valence-corrected chi connectivity index (χ2v) is 7.97. The van der Waals surface area contributed by atoms with Crippen molar-refractivity contribution in [2.75, 3.05) is 17.2 Å². The predicted molar refractivity (Wildman–Crippen MR) is 115 cm³/mol. The number of benzene rings is 1. The highest BCUT2D eigenvalue weighted by molar-refractivity contribution is 7.80. The quantitative estimate of drug-likeness (QED) is 0.368. The Hall–Kier alpha value is -2.45. The molecule has 1 aromatic heterocycles. The molecule has 3 N–H and O–H groups in total. The molecule has 1 aliphatic rings. The van der Waals surface area contributed by atoms with Crippen LogP contribution < -0.4 is 10.6 Å². The van der Waals surface area contributed by atoms with Gasteiger partial charge in [0.15, 0.2) is 5.11 Å². The lowest BCUT2D eigenvalue weighted by Crippen LogP contribution is -2.20. The molecule has 0 spiro atoms. The summed E-state index contributed by atoms with van der Waals surface area (Å²) in [5, 5.41) is 16.2. The molecule has 0 unspecified atom stereocenters. The Kier molecular flexibility index (Phi) is 6.64. The first-order valence-electron chi connectivity index (χ1n) is 9.22. The fraction of sp³-hybridized carbons (Fsp3) is 0.350. The van der Waals surface area contributed by atoms with Crippen molar-refractivity contribution in [1.82, 2.24) is 0 Å². The maximum absolute atomic E-state index is 12.6. The monoisotopic (exact) mass is 418 g/mol. The smallest absolute Gasteiger partial charge is 0.341 e. The van der Waals surface area contributed by atoms with Crippen LogP contribution in [0.15, 0.2) is 24.3 Å². The number of carboxylic acid groups (broad SMARTS) is 1. The largest absolute Gasteiger partial charge is 0.478 e. The van der Waals surface area contributed by atoms with Crippen molar-refractivity contribution < 1.29 is 19.4 Å². The van der Waals surface area contributed by atoms with E-state index in [9.17, 15) is 9.59 Å². The van der Waals surface area contributed by atoms with Gasteiger partial charge in [-0.3, -0.25) is 0 Å². The molecular weight excluding hydrogens is 396 g/mol. The number of thiophene rings is 1. The molecule has 1 heterocycles. The van der Waals surface area contributed by atoms with Crippen LogP contribution in [0.2, 0.25) is 0 Å². The molecule has 8 heteroatoms. The molecule has 0 bridgehead atoms. The Bertz CT molecular complexity index is 908. The Balaban J connectivity index is 1.83. The SMILES string of the molecule is CCOC(=O)c1c(NC(=S)Nc2cccc(C(=O)O)c2)sc2c1CCCCC2. The van der Waals surface area contributed by atoms with E-state index in [0.29, 0.717) is 28.0 Å². The number of carbonyl (C=O) groups is 2. The zero-order chi connectivity index (χ0) is 20.1. The van der Waals surface area contributed by atoms with Gasteiger partial charge in [0.05, 0.1) is 17.7 Å². The minimum atomic E-state index is -1.01. The molecule has 0 atom stereocenters. The van der Waals surface area contributed by atoms with Crippen molar-refractivity contribution in [3.8, 4) is 0 Å². The van der Waals surface area contributed by atoms with Crippen LogP contribution in [-0.2, 0) is 17.6 Å². The number of fused-ring (bicyclic) bond motifs is 1. The van der Waals surface area contributed by atoms with Crippen molar-refractivity contribution in [2.24, 2.45) is 0 Å². The number of ether oxygens (including phenoxy) is 1. The number of rotatable bonds is 5. The Labute approximate surface area is 172 Å². The maximum Gasteiger partial charge on any atom is 0.341 e. The van der Waals surface area contributed by atoms with Gasteiger partial charge >= 0.3 is 11.9 Å². The van der Waals surface area contributed by atoms with Gasteiger partial charge in [-0.1, -0.05) is 12.5 Å². The van der Waals surface area contributed by atoms with E-state index in [0.717, 1.165) is 37.7 Å². The summed E-state index contributed by atoms with van der Waals surface area (Å²) in [5.74, 6) is -1.34. The number of nitrogens with one attached hydrogen (secondary N) is 2. The van der Waals surface area contributed by atoms with Crippen molar-refractivity contribution in [3.05, 3.63) is 45.8 Å². The summed E-state index contributed by atoms with van der Waals surface area (Å²) in [6.45, 7) is 2.10. The van der Waals surface area contributed by atoms with Crippen LogP contribution in [0.4, 0.5) is 10.7 Å². The van der Waals surface area contributed by atoms with Crippen LogP contribution in [0.5, 0.6) is 0 Å². The van der Waals surface area contributed by atoms with Gasteiger partial charge in [0.25, 0.3) is 0 Å². The van der Waals surface area contributed by atoms with Crippen LogP contribution in [0.3, 0.4) is 0 Å². The number of hydrogen-bond acceptors (Lipinski definition) is 5. The van der Waals surface area contributed by atoms with Gasteiger partial charge < -0.3 is 20.5 Å². The van der Waals surface area contributed by atoms with Crippen LogP contribution >= 0.6 is 23.6 Å². The molecular formula is C20H22N2O4S2. The average Bonchev–Trinajstić information content (AvgIpc) is 2.82. The molecule has 0 fully saturated rings. The third-order valence-corrected chi connectivity index (χ3v) is 5.91. The van der Waals surface area contributed by atoms with E-state index in [2.05, 4.69) is 10.6 Å². The Morgan fingerprint density at radius 1 is 1.21 bits per heavy atom. The number of thiocarbonyl (C=S) groups is 1. The fourth-order valence-corrected chi connectivity index (χ4v) is 4.81. The number of aryl methyl sites for hydroxylation is 1. The molecule has 0 amide bonds. The lowest BCUT2D eigenvalue weighted by atomic mass is 10.1. The first kappa shape index (κ1) is 20.3. The summed E-state index contributed by atoms with van der Waals surface area (Å²) in [7, 11) is 0. The number of esters is 1. The summed E-state index contributed by atoms with van der Waals surface area (Å²) in [4.78, 5) is 24.9. The maximum atomic E-state index is 12.6. The van der Waals surface area contributed by atoms with Gasteiger partial charge in [0.2, 0.25) is 0 Å². The molecule has 0 radical (unpaired) electrons. The molecule has 6 nitrogen and oxygen atoms in total. The third kappa shape index (κ3) is 4.69. The summed E-state index contributed by atoms with van der Waals surface area (Å²) in [6, 6.07) is 6.40. The minimum Gasteiger partial charge on any atom is -0.478 e. The standard InChI is InChI=1S/C20H22N2O4S2/c1-2-26-19(25)16-14-9-4-3-5-10-15(14)28-17(16)22-20(27)21-13-8-6-7-12(11-13)18(23)24/h6-8,11H,2-5,9-10H2,1H3,(H,23,24)(H2,21,22,27). The van der Waals surface area contributed by atoms with Crippen LogP contribution in [-0.4, -0.2) is 28.8 Å². The van der Waals surface area contributed by atoms with Crippen LogP contribution in [0.25, 0.3) is 0 Å². The summed E-state index contributed by atoms with van der Waals surface area (Å²) in [5.41, 5.74) is 2.38. The van der Waals surface area contributed by atoms with E-state index < -0.39 is 5.97 Å². The lowest BCUT2D eigenvalue weighted by molar-refractivity contribution is 0.0526. The molecule has 0 saturated carbocycles. The number of anilines is 2. The molecule has 3 rings (SSSR count). The van der Waals surface area contributed by atoms with Gasteiger partial charge in [-0.15, -0.1) is 11.3 Å². The highest BCUT2D eigenvalue weighted by atomic mass is 32.1. The van der Waals surface area contributed by atoms with Crippen molar-refractivity contribution >= 4 is 51.3 Å². The van der Waals surface area contributed by atoms with E-state index in [1.165, 1.54) is 17.0 Å². The molecule has 28 heavy (non-hydrogen) atoms. The van der Waals surface area contributed by atoms with Crippen molar-refractivity contribution in [1.29, 1.82) is 0 Å². The van der Waals surface area contributed by atoms with Gasteiger partial charge in [0.1, 0.15) is 5.00 Å². The third-order valence-electron chi connectivity index (χ3n) is 4.50. The average molecular weight is 419 g/mol. The van der Waals surface area contributed by atoms with Gasteiger partial charge in [-0.05, 0) is 68.6 Å². The molecule has 2 aromatic rings. The van der Waals surface area contributed by atoms with Gasteiger partial charge in [0, 0.05) is 10.6 Å². The van der Waals surface area contributed by atoms with Crippen LogP contribution in [0, 0.1) is 0 Å². The van der Waals surface area contributed by atoms with E-state index in [1.54, 1.807) is 30.4 Å². The topological polar surface area (TPSA) is 87.7 Å². The van der Waals surface area contributed by atoms with E-state index in [1.807, 2.05) is 0 Å². The number of aromatic carboxylic acids is 1. The highest BCUT2D eigenvalue weighted by Crippen LogP contribution is 2.38. The normalized spacial score (nSPS) is 13.2. The second-order valence-electron chi connectivity index (χ2n) is 6.45. The van der Waals surface area contributed by atoms with E-state index >= 15 is 0 Å². The summed E-state index contributed by atoms with van der Waals surface area (Å²) >= 11 is 6.93. The predicted octanol–water partition coefficient (Wildman–Crippen LogP) is 4.70. The summed E-state index contributed by atoms with van der Waals surface area (Å²) < 4.78 is 5.27. The van der Waals surface area contributed by atoms with Gasteiger partial charge in [-0.25, -0.2) is 9.59 Å². The molecule has 148 valence electrons. The molecule has 1 aromatic carbocycles.